The molecule has 0 heterocycles. The highest BCUT2D eigenvalue weighted by Gasteiger charge is 2.43. The molecular weight excluding hydrogens is 242 g/mol. The van der Waals surface area contributed by atoms with E-state index in [4.69, 9.17) is 0 Å². The maximum atomic E-state index is 12.0. The Hall–Kier alpha value is -1.06. The third-order valence-corrected chi connectivity index (χ3v) is 5.11. The molecule has 2 saturated carbocycles. The molecule has 0 aromatic rings. The van der Waals surface area contributed by atoms with Crippen molar-refractivity contribution in [3.63, 3.8) is 0 Å². The summed E-state index contributed by atoms with van der Waals surface area (Å²) in [6.45, 7) is 2.95. The van der Waals surface area contributed by atoms with E-state index < -0.39 is 11.4 Å². The van der Waals surface area contributed by atoms with Crippen LogP contribution in [0, 0.1) is 17.3 Å². The Morgan fingerprint density at radius 3 is 2.42 bits per heavy atom. The van der Waals surface area contributed by atoms with E-state index in [0.717, 1.165) is 19.4 Å². The van der Waals surface area contributed by atoms with Gasteiger partial charge in [-0.1, -0.05) is 32.6 Å². The first-order valence-corrected chi connectivity index (χ1v) is 7.54. The topological polar surface area (TPSA) is 66.4 Å². The van der Waals surface area contributed by atoms with E-state index in [1.54, 1.807) is 0 Å². The molecule has 2 rings (SSSR count). The molecule has 0 bridgehead atoms. The van der Waals surface area contributed by atoms with Gasteiger partial charge in [-0.15, -0.1) is 0 Å². The highest BCUT2D eigenvalue weighted by Crippen LogP contribution is 2.41. The summed E-state index contributed by atoms with van der Waals surface area (Å²) < 4.78 is 0. The third-order valence-electron chi connectivity index (χ3n) is 5.11. The van der Waals surface area contributed by atoms with E-state index in [1.165, 1.54) is 19.3 Å². The van der Waals surface area contributed by atoms with Crippen LogP contribution in [-0.4, -0.2) is 23.5 Å². The minimum atomic E-state index is -0.797. The molecular formula is C15H25NO3. The molecule has 0 spiro atoms. The molecule has 108 valence electrons. The maximum Gasteiger partial charge on any atom is 0.310 e. The highest BCUT2D eigenvalue weighted by atomic mass is 16.4. The average Bonchev–Trinajstić information content (AvgIpc) is 2.97. The molecule has 2 unspecified atom stereocenters. The monoisotopic (exact) mass is 267 g/mol. The average molecular weight is 267 g/mol. The molecule has 1 amide bonds. The van der Waals surface area contributed by atoms with E-state index in [1.807, 2.05) is 0 Å². The molecule has 2 N–H and O–H groups in total. The molecule has 0 aliphatic heterocycles. The summed E-state index contributed by atoms with van der Waals surface area (Å²) in [6.07, 6.45) is 7.00. The number of carbonyl (C=O) groups excluding carboxylic acids is 1. The van der Waals surface area contributed by atoms with Gasteiger partial charge in [-0.3, -0.25) is 9.59 Å². The zero-order valence-electron chi connectivity index (χ0n) is 11.8. The van der Waals surface area contributed by atoms with Crippen molar-refractivity contribution in [3.8, 4) is 0 Å². The molecule has 2 aliphatic rings. The van der Waals surface area contributed by atoms with E-state index in [2.05, 4.69) is 12.2 Å². The number of rotatable bonds is 5. The minimum Gasteiger partial charge on any atom is -0.481 e. The first-order chi connectivity index (χ1) is 9.03. The van der Waals surface area contributed by atoms with E-state index in [0.29, 0.717) is 24.7 Å². The van der Waals surface area contributed by atoms with Crippen molar-refractivity contribution in [2.24, 2.45) is 17.3 Å². The summed E-state index contributed by atoms with van der Waals surface area (Å²) in [5, 5.41) is 12.3. The van der Waals surface area contributed by atoms with Gasteiger partial charge in [0.15, 0.2) is 0 Å². The lowest BCUT2D eigenvalue weighted by atomic mass is 9.82. The van der Waals surface area contributed by atoms with Gasteiger partial charge >= 0.3 is 5.97 Å². The number of aliphatic carboxylic acids is 1. The summed E-state index contributed by atoms with van der Waals surface area (Å²) in [5.41, 5.74) is -0.786. The summed E-state index contributed by atoms with van der Waals surface area (Å²) in [5.74, 6) is 0.381. The van der Waals surface area contributed by atoms with Crippen LogP contribution in [0.2, 0.25) is 0 Å². The highest BCUT2D eigenvalue weighted by molar-refractivity contribution is 5.85. The number of nitrogens with one attached hydrogen (secondary N) is 1. The fraction of sp³-hybridized carbons (Fsp3) is 0.867. The third kappa shape index (κ3) is 3.28. The Bertz CT molecular complexity index is 347. The number of carboxylic acids is 1. The standard InChI is InChI=1S/C15H25NO3/c1-11-5-4-6-12(11)10-16-13(17)9-15(14(18)19)7-2-3-8-15/h11-12H,2-10H2,1H3,(H,16,17)(H,18,19). The van der Waals surface area contributed by atoms with Crippen molar-refractivity contribution >= 4 is 11.9 Å². The molecule has 2 aliphatic carbocycles. The van der Waals surface area contributed by atoms with Crippen molar-refractivity contribution < 1.29 is 14.7 Å². The fourth-order valence-electron chi connectivity index (χ4n) is 3.66. The van der Waals surface area contributed by atoms with Gasteiger partial charge in [-0.2, -0.15) is 0 Å². The Morgan fingerprint density at radius 1 is 1.21 bits per heavy atom. The number of hydrogen-bond acceptors (Lipinski definition) is 2. The lowest BCUT2D eigenvalue weighted by Gasteiger charge is -2.24. The zero-order chi connectivity index (χ0) is 13.9. The number of amides is 1. The summed E-state index contributed by atoms with van der Waals surface area (Å²) in [7, 11) is 0. The normalized spacial score (nSPS) is 29.3. The lowest BCUT2D eigenvalue weighted by molar-refractivity contribution is -0.151. The van der Waals surface area contributed by atoms with Crippen LogP contribution in [-0.2, 0) is 9.59 Å². The number of carboxylic acid groups (broad SMARTS) is 1. The predicted molar refractivity (Wildman–Crippen MR) is 72.7 cm³/mol. The van der Waals surface area contributed by atoms with E-state index in [9.17, 15) is 14.7 Å². The smallest absolute Gasteiger partial charge is 0.310 e. The van der Waals surface area contributed by atoms with Crippen molar-refractivity contribution in [1.82, 2.24) is 5.32 Å². The number of hydrogen-bond donors (Lipinski definition) is 2. The zero-order valence-corrected chi connectivity index (χ0v) is 11.8. The molecule has 4 heteroatoms. The molecule has 19 heavy (non-hydrogen) atoms. The van der Waals surface area contributed by atoms with Crippen LogP contribution in [0.3, 0.4) is 0 Å². The van der Waals surface area contributed by atoms with Crippen LogP contribution in [0.1, 0.15) is 58.3 Å². The van der Waals surface area contributed by atoms with Gasteiger partial charge in [0, 0.05) is 13.0 Å². The molecule has 0 aromatic carbocycles. The lowest BCUT2D eigenvalue weighted by Crippen LogP contribution is -2.37. The van der Waals surface area contributed by atoms with Crippen LogP contribution in [0.4, 0.5) is 0 Å². The van der Waals surface area contributed by atoms with Crippen molar-refractivity contribution in [2.75, 3.05) is 6.54 Å². The van der Waals surface area contributed by atoms with Crippen LogP contribution in [0.5, 0.6) is 0 Å². The Labute approximate surface area is 115 Å². The predicted octanol–water partition coefficient (Wildman–Crippen LogP) is 2.57. The van der Waals surface area contributed by atoms with E-state index in [-0.39, 0.29) is 12.3 Å². The molecule has 2 atom stereocenters. The molecule has 0 aromatic heterocycles. The summed E-state index contributed by atoms with van der Waals surface area (Å²) >= 11 is 0. The quantitative estimate of drug-likeness (QED) is 0.804. The Balaban J connectivity index is 1.81. The summed E-state index contributed by atoms with van der Waals surface area (Å²) in [4.78, 5) is 23.4. The van der Waals surface area contributed by atoms with E-state index >= 15 is 0 Å². The molecule has 0 radical (unpaired) electrons. The van der Waals surface area contributed by atoms with Crippen molar-refractivity contribution in [1.29, 1.82) is 0 Å². The van der Waals surface area contributed by atoms with Gasteiger partial charge < -0.3 is 10.4 Å². The van der Waals surface area contributed by atoms with Crippen LogP contribution in [0.25, 0.3) is 0 Å². The van der Waals surface area contributed by atoms with Gasteiger partial charge in [0.2, 0.25) is 5.91 Å². The molecule has 0 saturated heterocycles. The van der Waals surface area contributed by atoms with Crippen LogP contribution in [0.15, 0.2) is 0 Å². The van der Waals surface area contributed by atoms with Gasteiger partial charge in [-0.05, 0) is 31.1 Å². The Morgan fingerprint density at radius 2 is 1.89 bits per heavy atom. The minimum absolute atomic E-state index is 0.0802. The first-order valence-electron chi connectivity index (χ1n) is 7.54. The first kappa shape index (κ1) is 14.4. The van der Waals surface area contributed by atoms with Gasteiger partial charge in [0.1, 0.15) is 0 Å². The second kappa shape index (κ2) is 5.93. The molecule has 2 fully saturated rings. The van der Waals surface area contributed by atoms with Gasteiger partial charge in [-0.25, -0.2) is 0 Å². The maximum absolute atomic E-state index is 12.0. The van der Waals surface area contributed by atoms with Gasteiger partial charge in [0.25, 0.3) is 0 Å². The second-order valence-electron chi connectivity index (χ2n) is 6.44. The van der Waals surface area contributed by atoms with Crippen molar-refractivity contribution in [2.45, 2.75) is 58.3 Å². The van der Waals surface area contributed by atoms with Crippen LogP contribution < -0.4 is 5.32 Å². The fourth-order valence-corrected chi connectivity index (χ4v) is 3.66. The van der Waals surface area contributed by atoms with Gasteiger partial charge in [0.05, 0.1) is 5.41 Å². The van der Waals surface area contributed by atoms with Crippen LogP contribution >= 0.6 is 0 Å². The Kier molecular flexibility index (Phi) is 4.48. The second-order valence-corrected chi connectivity index (χ2v) is 6.44. The number of carbonyl (C=O) groups is 2. The summed E-state index contributed by atoms with van der Waals surface area (Å²) in [6, 6.07) is 0. The van der Waals surface area contributed by atoms with Crippen molar-refractivity contribution in [3.05, 3.63) is 0 Å². The SMILES string of the molecule is CC1CCCC1CNC(=O)CC1(C(=O)O)CCCC1. The largest absolute Gasteiger partial charge is 0.481 e. The molecule has 4 nitrogen and oxygen atoms in total.